The average molecular weight is 230 g/mol. The van der Waals surface area contributed by atoms with Crippen molar-refractivity contribution in [3.63, 3.8) is 0 Å². The summed E-state index contributed by atoms with van der Waals surface area (Å²) in [4.78, 5) is 4.83. The predicted octanol–water partition coefficient (Wildman–Crippen LogP) is 3.80. The number of hydrogen-bond donors (Lipinski definition) is 0. The molecule has 0 N–H and O–H groups in total. The standard InChI is InChI=1S/C15H22N2/c1-9-8-17(7)13-10(2)11(3)16-14(12(9)13)15(4,5)6/h8H,1-7H3. The molecule has 92 valence electrons. The number of fused-ring (bicyclic) bond motifs is 1. The van der Waals surface area contributed by atoms with Gasteiger partial charge in [0, 0.05) is 29.7 Å². The van der Waals surface area contributed by atoms with Crippen molar-refractivity contribution in [3.05, 3.63) is 28.7 Å². The van der Waals surface area contributed by atoms with Gasteiger partial charge in [0.2, 0.25) is 0 Å². The summed E-state index contributed by atoms with van der Waals surface area (Å²) in [6, 6.07) is 0. The monoisotopic (exact) mass is 230 g/mol. The Labute approximate surface area is 104 Å². The van der Waals surface area contributed by atoms with E-state index in [9.17, 15) is 0 Å². The van der Waals surface area contributed by atoms with Crippen LogP contribution >= 0.6 is 0 Å². The van der Waals surface area contributed by atoms with Crippen molar-refractivity contribution in [2.75, 3.05) is 0 Å². The highest BCUT2D eigenvalue weighted by molar-refractivity contribution is 5.89. The van der Waals surface area contributed by atoms with Crippen molar-refractivity contribution >= 4 is 10.9 Å². The molecule has 0 aromatic carbocycles. The molecule has 0 atom stereocenters. The number of aryl methyl sites for hydroxylation is 4. The molecule has 0 aliphatic carbocycles. The first kappa shape index (κ1) is 12.2. The lowest BCUT2D eigenvalue weighted by atomic mass is 9.87. The number of aromatic nitrogens is 2. The zero-order valence-electron chi connectivity index (χ0n) is 12.0. The number of hydrogen-bond acceptors (Lipinski definition) is 1. The van der Waals surface area contributed by atoms with E-state index in [2.05, 4.69) is 59.4 Å². The van der Waals surface area contributed by atoms with Crippen LogP contribution in [0.25, 0.3) is 10.9 Å². The maximum absolute atomic E-state index is 4.83. The van der Waals surface area contributed by atoms with Crippen molar-refractivity contribution in [2.45, 2.75) is 47.0 Å². The first-order valence-electron chi connectivity index (χ1n) is 6.16. The highest BCUT2D eigenvalue weighted by Gasteiger charge is 2.23. The molecule has 0 unspecified atom stereocenters. The third-order valence-corrected chi connectivity index (χ3v) is 3.50. The van der Waals surface area contributed by atoms with Crippen molar-refractivity contribution in [2.24, 2.45) is 7.05 Å². The summed E-state index contributed by atoms with van der Waals surface area (Å²) in [6.45, 7) is 13.1. The lowest BCUT2D eigenvalue weighted by molar-refractivity contribution is 0.573. The average Bonchev–Trinajstić information content (AvgIpc) is 2.46. The minimum Gasteiger partial charge on any atom is -0.350 e. The van der Waals surface area contributed by atoms with Gasteiger partial charge in [0.15, 0.2) is 0 Å². The molecular formula is C15H22N2. The van der Waals surface area contributed by atoms with Crippen LogP contribution in [0, 0.1) is 20.8 Å². The van der Waals surface area contributed by atoms with Gasteiger partial charge >= 0.3 is 0 Å². The maximum atomic E-state index is 4.83. The Morgan fingerprint density at radius 3 is 2.24 bits per heavy atom. The normalized spacial score (nSPS) is 12.4. The highest BCUT2D eigenvalue weighted by Crippen LogP contribution is 2.33. The molecule has 17 heavy (non-hydrogen) atoms. The Hall–Kier alpha value is -1.31. The summed E-state index contributed by atoms with van der Waals surface area (Å²) >= 11 is 0. The number of nitrogens with zero attached hydrogens (tertiary/aromatic N) is 2. The minimum atomic E-state index is 0.0861. The fourth-order valence-electron chi connectivity index (χ4n) is 2.56. The molecule has 0 aliphatic rings. The van der Waals surface area contributed by atoms with E-state index >= 15 is 0 Å². The summed E-state index contributed by atoms with van der Waals surface area (Å²) in [7, 11) is 2.12. The van der Waals surface area contributed by atoms with E-state index in [0.717, 1.165) is 5.69 Å². The van der Waals surface area contributed by atoms with E-state index in [4.69, 9.17) is 4.98 Å². The van der Waals surface area contributed by atoms with Gasteiger partial charge in [-0.3, -0.25) is 4.98 Å². The van der Waals surface area contributed by atoms with Crippen LogP contribution in [0.1, 0.15) is 43.3 Å². The van der Waals surface area contributed by atoms with E-state index < -0.39 is 0 Å². The molecule has 0 saturated carbocycles. The van der Waals surface area contributed by atoms with Gasteiger partial charge < -0.3 is 4.57 Å². The maximum Gasteiger partial charge on any atom is 0.0556 e. The minimum absolute atomic E-state index is 0.0861. The smallest absolute Gasteiger partial charge is 0.0556 e. The van der Waals surface area contributed by atoms with Crippen LogP contribution in [0.15, 0.2) is 6.20 Å². The molecule has 2 heterocycles. The lowest BCUT2D eigenvalue weighted by Crippen LogP contribution is -2.15. The quantitative estimate of drug-likeness (QED) is 0.673. The lowest BCUT2D eigenvalue weighted by Gasteiger charge is -2.21. The predicted molar refractivity (Wildman–Crippen MR) is 73.6 cm³/mol. The molecule has 0 bridgehead atoms. The van der Waals surface area contributed by atoms with Gasteiger partial charge in [-0.25, -0.2) is 0 Å². The second kappa shape index (κ2) is 3.59. The highest BCUT2D eigenvalue weighted by atomic mass is 14.9. The van der Waals surface area contributed by atoms with Crippen molar-refractivity contribution in [3.8, 4) is 0 Å². The van der Waals surface area contributed by atoms with E-state index in [1.165, 1.54) is 27.7 Å². The third-order valence-electron chi connectivity index (χ3n) is 3.50. The second-order valence-electron chi connectivity index (χ2n) is 6.07. The van der Waals surface area contributed by atoms with Crippen LogP contribution in [-0.2, 0) is 12.5 Å². The van der Waals surface area contributed by atoms with E-state index in [-0.39, 0.29) is 5.41 Å². The molecule has 2 rings (SSSR count). The Morgan fingerprint density at radius 2 is 1.71 bits per heavy atom. The van der Waals surface area contributed by atoms with Crippen molar-refractivity contribution in [1.82, 2.24) is 9.55 Å². The van der Waals surface area contributed by atoms with Crippen LogP contribution in [0.3, 0.4) is 0 Å². The van der Waals surface area contributed by atoms with Gasteiger partial charge in [0.05, 0.1) is 11.2 Å². The Morgan fingerprint density at radius 1 is 1.12 bits per heavy atom. The second-order valence-corrected chi connectivity index (χ2v) is 6.07. The van der Waals surface area contributed by atoms with Crippen LogP contribution in [0.2, 0.25) is 0 Å². The summed E-state index contributed by atoms with van der Waals surface area (Å²) < 4.78 is 2.23. The molecule has 0 aliphatic heterocycles. The van der Waals surface area contributed by atoms with Gasteiger partial charge in [0.25, 0.3) is 0 Å². The van der Waals surface area contributed by atoms with Crippen molar-refractivity contribution in [1.29, 1.82) is 0 Å². The van der Waals surface area contributed by atoms with E-state index in [1.54, 1.807) is 0 Å². The number of pyridine rings is 1. The molecule has 0 spiro atoms. The van der Waals surface area contributed by atoms with E-state index in [0.29, 0.717) is 0 Å². The molecule has 2 nitrogen and oxygen atoms in total. The van der Waals surface area contributed by atoms with Crippen LogP contribution in [0.5, 0.6) is 0 Å². The first-order chi connectivity index (χ1) is 7.73. The molecular weight excluding hydrogens is 208 g/mol. The molecule has 2 heteroatoms. The van der Waals surface area contributed by atoms with Crippen molar-refractivity contribution < 1.29 is 0 Å². The van der Waals surface area contributed by atoms with Gasteiger partial charge in [-0.15, -0.1) is 0 Å². The van der Waals surface area contributed by atoms with E-state index in [1.807, 2.05) is 0 Å². The van der Waals surface area contributed by atoms with Crippen LogP contribution in [-0.4, -0.2) is 9.55 Å². The van der Waals surface area contributed by atoms with Gasteiger partial charge in [0.1, 0.15) is 0 Å². The summed E-state index contributed by atoms with van der Waals surface area (Å²) in [5, 5.41) is 1.34. The molecule has 0 fully saturated rings. The summed E-state index contributed by atoms with van der Waals surface area (Å²) in [6.07, 6.45) is 2.20. The topological polar surface area (TPSA) is 17.8 Å². The largest absolute Gasteiger partial charge is 0.350 e. The fraction of sp³-hybridized carbons (Fsp3) is 0.533. The zero-order valence-corrected chi connectivity index (χ0v) is 12.0. The SMILES string of the molecule is Cc1nc(C(C)(C)C)c2c(C)cn(C)c2c1C. The molecule has 0 radical (unpaired) electrons. The van der Waals surface area contributed by atoms with Gasteiger partial charge in [-0.1, -0.05) is 20.8 Å². The Bertz CT molecular complexity index is 583. The first-order valence-corrected chi connectivity index (χ1v) is 6.16. The molecule has 2 aromatic rings. The Balaban J connectivity index is 3.01. The van der Waals surface area contributed by atoms with Gasteiger partial charge in [-0.05, 0) is 31.9 Å². The molecule has 2 aromatic heterocycles. The zero-order chi connectivity index (χ0) is 13.0. The van der Waals surface area contributed by atoms with Gasteiger partial charge in [-0.2, -0.15) is 0 Å². The molecule has 0 amide bonds. The third kappa shape index (κ3) is 1.76. The molecule has 0 saturated heterocycles. The number of rotatable bonds is 0. The Kier molecular flexibility index (Phi) is 2.57. The fourth-order valence-corrected chi connectivity index (χ4v) is 2.56. The summed E-state index contributed by atoms with van der Waals surface area (Å²) in [5.74, 6) is 0. The van der Waals surface area contributed by atoms with Crippen LogP contribution in [0.4, 0.5) is 0 Å². The van der Waals surface area contributed by atoms with Crippen LogP contribution < -0.4 is 0 Å². The summed E-state index contributed by atoms with van der Waals surface area (Å²) in [5.41, 5.74) is 6.40.